The number of anilines is 1. The van der Waals surface area contributed by atoms with Crippen molar-refractivity contribution in [1.82, 2.24) is 0 Å². The van der Waals surface area contributed by atoms with Crippen LogP contribution in [-0.2, 0) is 27.7 Å². The highest BCUT2D eigenvalue weighted by Crippen LogP contribution is 2.35. The summed E-state index contributed by atoms with van der Waals surface area (Å²) in [7, 11) is -2.34. The fourth-order valence-corrected chi connectivity index (χ4v) is 4.72. The number of methoxy groups -OCH3 is 1. The van der Waals surface area contributed by atoms with Crippen molar-refractivity contribution in [2.45, 2.75) is 24.7 Å². The van der Waals surface area contributed by atoms with E-state index in [2.05, 4.69) is 0 Å². The van der Waals surface area contributed by atoms with Crippen molar-refractivity contribution >= 4 is 21.7 Å². The van der Waals surface area contributed by atoms with Gasteiger partial charge in [0.05, 0.1) is 24.1 Å². The van der Waals surface area contributed by atoms with E-state index in [0.29, 0.717) is 30.0 Å². The molecule has 0 aromatic heterocycles. The molecule has 1 aliphatic rings. The van der Waals surface area contributed by atoms with Crippen LogP contribution in [-0.4, -0.2) is 33.1 Å². The van der Waals surface area contributed by atoms with Crippen molar-refractivity contribution < 1.29 is 23.1 Å². The predicted octanol–water partition coefficient (Wildman–Crippen LogP) is 2.38. The van der Waals surface area contributed by atoms with Crippen molar-refractivity contribution in [3.8, 4) is 5.75 Å². The molecule has 1 heterocycles. The summed E-state index contributed by atoms with van der Waals surface area (Å²) >= 11 is 0. The Bertz CT molecular complexity index is 936. The van der Waals surface area contributed by atoms with E-state index in [9.17, 15) is 13.2 Å². The molecule has 0 fully saturated rings. The first-order valence-electron chi connectivity index (χ1n) is 7.84. The Balaban J connectivity index is 2.05. The largest absolute Gasteiger partial charge is 0.496 e. The zero-order valence-electron chi connectivity index (χ0n) is 14.0. The predicted molar refractivity (Wildman–Crippen MR) is 93.7 cm³/mol. The number of hydrogen-bond donors (Lipinski definition) is 1. The van der Waals surface area contributed by atoms with Crippen LogP contribution in [0, 0.1) is 6.92 Å². The van der Waals surface area contributed by atoms with Gasteiger partial charge in [-0.3, -0.25) is 9.10 Å². The summed E-state index contributed by atoms with van der Waals surface area (Å²) in [5, 5.41) is 9.04. The number of nitrogens with zero attached hydrogens (tertiary/aromatic N) is 1. The van der Waals surface area contributed by atoms with E-state index < -0.39 is 16.0 Å². The Morgan fingerprint density at radius 1 is 1.28 bits per heavy atom. The summed E-state index contributed by atoms with van der Waals surface area (Å²) in [6.07, 6.45) is 0.363. The van der Waals surface area contributed by atoms with Gasteiger partial charge in [-0.1, -0.05) is 12.1 Å². The minimum atomic E-state index is -3.77. The molecule has 2 aromatic rings. The van der Waals surface area contributed by atoms with Crippen LogP contribution in [0.3, 0.4) is 0 Å². The van der Waals surface area contributed by atoms with E-state index in [1.54, 1.807) is 6.07 Å². The number of carbonyl (C=O) groups is 1. The molecule has 0 radical (unpaired) electrons. The van der Waals surface area contributed by atoms with Crippen LogP contribution >= 0.6 is 0 Å². The highest BCUT2D eigenvalue weighted by atomic mass is 32.2. The lowest BCUT2D eigenvalue weighted by Gasteiger charge is -2.20. The molecule has 0 spiro atoms. The Morgan fingerprint density at radius 3 is 2.72 bits per heavy atom. The second kappa shape index (κ2) is 6.40. The summed E-state index contributed by atoms with van der Waals surface area (Å²) < 4.78 is 32.7. The third-order valence-electron chi connectivity index (χ3n) is 4.40. The Kier molecular flexibility index (Phi) is 4.43. The van der Waals surface area contributed by atoms with E-state index in [1.807, 2.05) is 19.1 Å². The van der Waals surface area contributed by atoms with Gasteiger partial charge < -0.3 is 9.84 Å². The van der Waals surface area contributed by atoms with Gasteiger partial charge in [-0.2, -0.15) is 0 Å². The average molecular weight is 361 g/mol. The minimum Gasteiger partial charge on any atom is -0.496 e. The fraction of sp³-hybridized carbons (Fsp3) is 0.278. The quantitative estimate of drug-likeness (QED) is 0.884. The molecule has 3 rings (SSSR count). The maximum atomic E-state index is 13.1. The van der Waals surface area contributed by atoms with E-state index >= 15 is 0 Å². The number of rotatable bonds is 5. The van der Waals surface area contributed by atoms with E-state index in [-0.39, 0.29) is 11.3 Å². The number of ether oxygens (including phenoxy) is 1. The minimum absolute atomic E-state index is 0.0684. The van der Waals surface area contributed by atoms with Crippen molar-refractivity contribution in [3.63, 3.8) is 0 Å². The smallest absolute Gasteiger partial charge is 0.307 e. The Morgan fingerprint density at radius 2 is 2.04 bits per heavy atom. The number of carboxylic acids is 1. The maximum Gasteiger partial charge on any atom is 0.307 e. The molecule has 132 valence electrons. The molecular formula is C18H19NO5S. The first-order chi connectivity index (χ1) is 11.8. The summed E-state index contributed by atoms with van der Waals surface area (Å²) in [6.45, 7) is 2.34. The molecule has 7 heteroatoms. The summed E-state index contributed by atoms with van der Waals surface area (Å²) in [5.41, 5.74) is 3.12. The summed E-state index contributed by atoms with van der Waals surface area (Å²) in [6, 6.07) is 9.94. The van der Waals surface area contributed by atoms with Gasteiger partial charge in [-0.15, -0.1) is 0 Å². The molecule has 0 bridgehead atoms. The number of aliphatic carboxylic acids is 1. The molecule has 2 aromatic carbocycles. The molecule has 0 aliphatic carbocycles. The van der Waals surface area contributed by atoms with Crippen LogP contribution in [0.15, 0.2) is 41.3 Å². The monoisotopic (exact) mass is 361 g/mol. The fourth-order valence-electron chi connectivity index (χ4n) is 3.17. The molecule has 0 unspecified atom stereocenters. The highest BCUT2D eigenvalue weighted by Gasteiger charge is 2.32. The average Bonchev–Trinajstić information content (AvgIpc) is 3.00. The van der Waals surface area contributed by atoms with Crippen molar-refractivity contribution in [2.24, 2.45) is 0 Å². The summed E-state index contributed by atoms with van der Waals surface area (Å²) in [4.78, 5) is 11.1. The molecular weight excluding hydrogens is 342 g/mol. The zero-order valence-corrected chi connectivity index (χ0v) is 14.8. The summed E-state index contributed by atoms with van der Waals surface area (Å²) in [5.74, 6) is -0.686. The van der Waals surface area contributed by atoms with E-state index in [1.165, 1.54) is 29.6 Å². The van der Waals surface area contributed by atoms with Gasteiger partial charge in [0.1, 0.15) is 5.75 Å². The van der Waals surface area contributed by atoms with Crippen LogP contribution in [0.4, 0.5) is 5.69 Å². The lowest BCUT2D eigenvalue weighted by Crippen LogP contribution is -2.29. The van der Waals surface area contributed by atoms with Gasteiger partial charge in [0.2, 0.25) is 0 Å². The number of hydrogen-bond acceptors (Lipinski definition) is 4. The van der Waals surface area contributed by atoms with Crippen LogP contribution in [0.5, 0.6) is 5.75 Å². The Labute approximate surface area is 146 Å². The second-order valence-electron chi connectivity index (χ2n) is 5.94. The van der Waals surface area contributed by atoms with Crippen molar-refractivity contribution in [2.75, 3.05) is 18.0 Å². The molecule has 0 amide bonds. The number of aryl methyl sites for hydroxylation is 1. The molecule has 0 saturated carbocycles. The number of fused-ring (bicyclic) bond motifs is 1. The van der Waals surface area contributed by atoms with Gasteiger partial charge >= 0.3 is 5.97 Å². The second-order valence-corrected chi connectivity index (χ2v) is 7.81. The molecule has 25 heavy (non-hydrogen) atoms. The molecule has 0 saturated heterocycles. The van der Waals surface area contributed by atoms with Gasteiger partial charge in [-0.25, -0.2) is 8.42 Å². The highest BCUT2D eigenvalue weighted by molar-refractivity contribution is 7.92. The first kappa shape index (κ1) is 17.3. The third kappa shape index (κ3) is 3.07. The standard InChI is InChI=1S/C18H19NO5S/c1-12-4-3-5-16-15(12)8-9-19(16)25(22,23)14-6-7-17(24-2)13(10-14)11-18(20)21/h3-7,10H,8-9,11H2,1-2H3,(H,20,21). The van der Waals surface area contributed by atoms with Crippen LogP contribution in [0.2, 0.25) is 0 Å². The van der Waals surface area contributed by atoms with Crippen LogP contribution in [0.25, 0.3) is 0 Å². The zero-order chi connectivity index (χ0) is 18.2. The molecule has 0 atom stereocenters. The van der Waals surface area contributed by atoms with Gasteiger partial charge in [-0.05, 0) is 48.7 Å². The maximum absolute atomic E-state index is 13.1. The third-order valence-corrected chi connectivity index (χ3v) is 6.21. The van der Waals surface area contributed by atoms with Crippen LogP contribution < -0.4 is 9.04 Å². The lowest BCUT2D eigenvalue weighted by atomic mass is 10.1. The lowest BCUT2D eigenvalue weighted by molar-refractivity contribution is -0.136. The number of sulfonamides is 1. The molecule has 6 nitrogen and oxygen atoms in total. The number of carboxylic acid groups (broad SMARTS) is 1. The first-order valence-corrected chi connectivity index (χ1v) is 9.28. The van der Waals surface area contributed by atoms with E-state index in [0.717, 1.165) is 11.1 Å². The van der Waals surface area contributed by atoms with Crippen molar-refractivity contribution in [3.05, 3.63) is 53.1 Å². The Hall–Kier alpha value is -2.54. The van der Waals surface area contributed by atoms with Gasteiger partial charge in [0, 0.05) is 12.1 Å². The van der Waals surface area contributed by atoms with Gasteiger partial charge in [0.15, 0.2) is 0 Å². The SMILES string of the molecule is COc1ccc(S(=O)(=O)N2CCc3c(C)cccc32)cc1CC(=O)O. The van der Waals surface area contributed by atoms with E-state index in [4.69, 9.17) is 9.84 Å². The topological polar surface area (TPSA) is 83.9 Å². The number of benzene rings is 2. The van der Waals surface area contributed by atoms with Gasteiger partial charge in [0.25, 0.3) is 10.0 Å². The van der Waals surface area contributed by atoms with Crippen molar-refractivity contribution in [1.29, 1.82) is 0 Å². The molecule has 1 aliphatic heterocycles. The molecule has 1 N–H and O–H groups in total. The normalized spacial score (nSPS) is 13.6. The van der Waals surface area contributed by atoms with Crippen LogP contribution in [0.1, 0.15) is 16.7 Å².